The Balaban J connectivity index is 1.96. The van der Waals surface area contributed by atoms with Gasteiger partial charge in [-0.1, -0.05) is 13.8 Å². The first-order valence-corrected chi connectivity index (χ1v) is 12.7. The summed E-state index contributed by atoms with van der Waals surface area (Å²) < 4.78 is 29.7. The van der Waals surface area contributed by atoms with Crippen LogP contribution in [0.3, 0.4) is 0 Å². The highest BCUT2D eigenvalue weighted by Gasteiger charge is 2.35. The van der Waals surface area contributed by atoms with Crippen LogP contribution < -0.4 is 10.9 Å². The van der Waals surface area contributed by atoms with Crippen molar-refractivity contribution >= 4 is 37.5 Å². The summed E-state index contributed by atoms with van der Waals surface area (Å²) in [6.45, 7) is 7.59. The molecule has 1 saturated heterocycles. The van der Waals surface area contributed by atoms with E-state index >= 15 is 0 Å². The molecule has 2 unspecified atom stereocenters. The predicted molar refractivity (Wildman–Crippen MR) is 122 cm³/mol. The van der Waals surface area contributed by atoms with Gasteiger partial charge in [-0.2, -0.15) is 4.31 Å². The van der Waals surface area contributed by atoms with E-state index < -0.39 is 15.6 Å². The monoisotopic (exact) mass is 469 g/mol. The number of amides is 1. The van der Waals surface area contributed by atoms with Crippen LogP contribution in [0.5, 0.6) is 0 Å². The lowest BCUT2D eigenvalue weighted by molar-refractivity contribution is -0.121. The van der Waals surface area contributed by atoms with Crippen molar-refractivity contribution in [2.45, 2.75) is 38.6 Å². The molecule has 3 rings (SSSR count). The van der Waals surface area contributed by atoms with Gasteiger partial charge in [0.15, 0.2) is 0 Å². The predicted octanol–water partition coefficient (Wildman–Crippen LogP) is 1.11. The fraction of sp³-hybridized carbons (Fsp3) is 0.650. The number of sulfonamides is 1. The minimum Gasteiger partial charge on any atom is -0.353 e. The molecule has 0 spiro atoms. The number of fused-ring (bicyclic) bond motifs is 1. The van der Waals surface area contributed by atoms with E-state index in [1.54, 1.807) is 6.92 Å². The normalized spacial score (nSPS) is 20.5. The van der Waals surface area contributed by atoms with Crippen LogP contribution in [-0.4, -0.2) is 73.4 Å². The molecule has 11 heteroatoms. The number of hydrogen-bond acceptors (Lipinski definition) is 7. The van der Waals surface area contributed by atoms with Gasteiger partial charge in [0.05, 0.1) is 11.7 Å². The third-order valence-electron chi connectivity index (χ3n) is 5.43. The maximum atomic E-state index is 13.5. The topological polar surface area (TPSA) is 105 Å². The average molecular weight is 470 g/mol. The highest BCUT2D eigenvalue weighted by Crippen LogP contribution is 2.35. The maximum Gasteiger partial charge on any atom is 0.263 e. The fourth-order valence-electron chi connectivity index (χ4n) is 4.10. The lowest BCUT2D eigenvalue weighted by atomic mass is 9.94. The first kappa shape index (κ1) is 23.8. The van der Waals surface area contributed by atoms with Crippen LogP contribution in [0.15, 0.2) is 16.0 Å². The van der Waals surface area contributed by atoms with Crippen LogP contribution in [0.25, 0.3) is 10.2 Å². The summed E-state index contributed by atoms with van der Waals surface area (Å²) in [5.41, 5.74) is -0.506. The van der Waals surface area contributed by atoms with Crippen LogP contribution in [0.4, 0.5) is 0 Å². The summed E-state index contributed by atoms with van der Waals surface area (Å²) in [7, 11) is -0.0449. The molecule has 2 atom stereocenters. The molecule has 0 bridgehead atoms. The summed E-state index contributed by atoms with van der Waals surface area (Å²) in [5, 5.41) is 2.84. The Bertz CT molecular complexity index is 1110. The van der Waals surface area contributed by atoms with Crippen LogP contribution >= 0.6 is 11.3 Å². The van der Waals surface area contributed by atoms with Crippen molar-refractivity contribution in [3.8, 4) is 0 Å². The lowest BCUT2D eigenvalue weighted by Gasteiger charge is -2.34. The van der Waals surface area contributed by atoms with Gasteiger partial charge in [0.1, 0.15) is 16.3 Å². The molecule has 1 aliphatic heterocycles. The van der Waals surface area contributed by atoms with Crippen LogP contribution in [-0.2, 0) is 21.4 Å². The molecular weight excluding hydrogens is 438 g/mol. The minimum absolute atomic E-state index is 0.0358. The highest BCUT2D eigenvalue weighted by molar-refractivity contribution is 7.89. The van der Waals surface area contributed by atoms with Gasteiger partial charge in [-0.3, -0.25) is 14.2 Å². The van der Waals surface area contributed by atoms with E-state index in [9.17, 15) is 18.0 Å². The molecule has 2 aromatic heterocycles. The van der Waals surface area contributed by atoms with E-state index in [1.807, 2.05) is 32.8 Å². The third kappa shape index (κ3) is 5.16. The summed E-state index contributed by atoms with van der Waals surface area (Å²) in [6, 6.07) is 0. The molecule has 1 N–H and O–H groups in total. The second-order valence-electron chi connectivity index (χ2n) is 8.77. The fourth-order valence-corrected chi connectivity index (χ4v) is 7.44. The van der Waals surface area contributed by atoms with Crippen molar-refractivity contribution in [3.05, 3.63) is 21.6 Å². The van der Waals surface area contributed by atoms with E-state index in [1.165, 1.54) is 26.5 Å². The number of carbonyl (C=O) groups excluding carboxylic acids is 1. The number of carbonyl (C=O) groups is 1. The summed E-state index contributed by atoms with van der Waals surface area (Å²) in [4.78, 5) is 32.6. The summed E-state index contributed by atoms with van der Waals surface area (Å²) >= 11 is 1.19. The molecule has 1 aliphatic rings. The molecule has 0 radical (unpaired) electrons. The van der Waals surface area contributed by atoms with Gasteiger partial charge >= 0.3 is 0 Å². The van der Waals surface area contributed by atoms with Crippen molar-refractivity contribution in [1.82, 2.24) is 24.1 Å². The Hall–Kier alpha value is -1.82. The molecule has 0 saturated carbocycles. The zero-order valence-electron chi connectivity index (χ0n) is 18.7. The number of hydrogen-bond donors (Lipinski definition) is 1. The molecular formula is C20H31N5O4S2. The second-order valence-corrected chi connectivity index (χ2v) is 11.8. The molecule has 0 aromatic carbocycles. The highest BCUT2D eigenvalue weighted by atomic mass is 32.2. The van der Waals surface area contributed by atoms with Crippen LogP contribution in [0.1, 0.15) is 25.1 Å². The van der Waals surface area contributed by atoms with Crippen molar-refractivity contribution in [2.75, 3.05) is 40.3 Å². The summed E-state index contributed by atoms with van der Waals surface area (Å²) in [6.07, 6.45) is 2.29. The average Bonchev–Trinajstić information content (AvgIpc) is 3.00. The van der Waals surface area contributed by atoms with E-state index in [0.29, 0.717) is 35.9 Å². The van der Waals surface area contributed by atoms with Gasteiger partial charge in [0.2, 0.25) is 15.9 Å². The van der Waals surface area contributed by atoms with Gasteiger partial charge in [-0.25, -0.2) is 13.4 Å². The smallest absolute Gasteiger partial charge is 0.263 e. The molecule has 9 nitrogen and oxygen atoms in total. The Kier molecular flexibility index (Phi) is 7.19. The third-order valence-corrected chi connectivity index (χ3v) is 8.57. The first-order chi connectivity index (χ1) is 14.5. The first-order valence-electron chi connectivity index (χ1n) is 10.4. The van der Waals surface area contributed by atoms with E-state index in [2.05, 4.69) is 10.3 Å². The Morgan fingerprint density at radius 2 is 1.94 bits per heavy atom. The number of rotatable bonds is 7. The van der Waals surface area contributed by atoms with Gasteiger partial charge in [0, 0.05) is 31.1 Å². The molecule has 172 valence electrons. The van der Waals surface area contributed by atoms with Crippen molar-refractivity contribution < 1.29 is 13.2 Å². The van der Waals surface area contributed by atoms with Crippen molar-refractivity contribution in [2.24, 2.45) is 11.8 Å². The van der Waals surface area contributed by atoms with Gasteiger partial charge < -0.3 is 10.2 Å². The minimum atomic E-state index is -3.85. The Labute approximate surface area is 187 Å². The van der Waals surface area contributed by atoms with Crippen LogP contribution in [0.2, 0.25) is 0 Å². The van der Waals surface area contributed by atoms with Gasteiger partial charge in [-0.05, 0) is 39.3 Å². The number of piperidine rings is 1. The Morgan fingerprint density at radius 3 is 2.55 bits per heavy atom. The van der Waals surface area contributed by atoms with Crippen LogP contribution in [0, 0.1) is 18.8 Å². The SMILES string of the molecule is Cc1sc2ncn(CC(=O)NCCN(C)C)c(=O)c2c1S(=O)(=O)N1CC(C)CC(C)C1. The van der Waals surface area contributed by atoms with Crippen molar-refractivity contribution in [1.29, 1.82) is 0 Å². The van der Waals surface area contributed by atoms with E-state index in [4.69, 9.17) is 0 Å². The number of aromatic nitrogens is 2. The molecule has 0 aliphatic carbocycles. The number of nitrogens with zero attached hydrogens (tertiary/aromatic N) is 4. The van der Waals surface area contributed by atoms with Gasteiger partial charge in [-0.15, -0.1) is 11.3 Å². The standard InChI is InChI=1S/C20H31N5O4S2/c1-13-8-14(2)10-25(9-13)31(28,29)18-15(3)30-19-17(18)20(27)24(12-22-19)11-16(26)21-6-7-23(4)5/h12-14H,6-11H2,1-5H3,(H,21,26). The summed E-state index contributed by atoms with van der Waals surface area (Å²) in [5.74, 6) is 0.189. The zero-order valence-corrected chi connectivity index (χ0v) is 20.3. The molecule has 3 heterocycles. The Morgan fingerprint density at radius 1 is 1.29 bits per heavy atom. The quantitative estimate of drug-likeness (QED) is 0.651. The number of nitrogens with one attached hydrogen (secondary N) is 1. The number of likely N-dealkylation sites (N-methyl/N-ethyl adjacent to an activating group) is 1. The molecule has 1 amide bonds. The largest absolute Gasteiger partial charge is 0.353 e. The van der Waals surface area contributed by atoms with E-state index in [-0.39, 0.29) is 34.6 Å². The zero-order chi connectivity index (χ0) is 22.9. The van der Waals surface area contributed by atoms with Gasteiger partial charge in [0.25, 0.3) is 5.56 Å². The molecule has 1 fully saturated rings. The second kappa shape index (κ2) is 9.35. The number of thiophene rings is 1. The molecule has 2 aromatic rings. The van der Waals surface area contributed by atoms with Crippen molar-refractivity contribution in [3.63, 3.8) is 0 Å². The molecule has 31 heavy (non-hydrogen) atoms. The maximum absolute atomic E-state index is 13.5. The van der Waals surface area contributed by atoms with E-state index in [0.717, 1.165) is 6.42 Å². The number of aryl methyl sites for hydroxylation is 1. The lowest BCUT2D eigenvalue weighted by Crippen LogP contribution is -2.43.